The van der Waals surface area contributed by atoms with Gasteiger partial charge in [-0.2, -0.15) is 0 Å². The van der Waals surface area contributed by atoms with Crippen molar-refractivity contribution in [2.24, 2.45) is 0 Å². The van der Waals surface area contributed by atoms with Crippen molar-refractivity contribution in [1.29, 1.82) is 0 Å². The lowest BCUT2D eigenvalue weighted by atomic mass is 9.98. The quantitative estimate of drug-likeness (QED) is 0.806. The van der Waals surface area contributed by atoms with Crippen LogP contribution in [-0.2, 0) is 5.75 Å². The summed E-state index contributed by atoms with van der Waals surface area (Å²) in [5.74, 6) is 1.07. The van der Waals surface area contributed by atoms with E-state index >= 15 is 0 Å². The second-order valence-electron chi connectivity index (χ2n) is 5.27. The maximum Gasteiger partial charge on any atom is 0.0481 e. The summed E-state index contributed by atoms with van der Waals surface area (Å²) in [6.45, 7) is 1.10. The Kier molecular flexibility index (Phi) is 4.29. The van der Waals surface area contributed by atoms with Gasteiger partial charge in [-0.25, -0.2) is 0 Å². The number of thiophene rings is 1. The van der Waals surface area contributed by atoms with Crippen molar-refractivity contribution in [2.45, 2.75) is 17.1 Å². The summed E-state index contributed by atoms with van der Waals surface area (Å²) < 4.78 is 0. The highest BCUT2D eigenvalue weighted by Gasteiger charge is 2.18. The molecule has 1 aliphatic rings. The number of thioether (sulfide) groups is 1. The number of fused-ring (bicyclic) bond motifs is 2. The number of hydrogen-bond acceptors (Lipinski definition) is 3. The molecule has 0 spiro atoms. The molecule has 2 heterocycles. The lowest BCUT2D eigenvalue weighted by molar-refractivity contribution is 0.417. The van der Waals surface area contributed by atoms with Gasteiger partial charge >= 0.3 is 0 Å². The summed E-state index contributed by atoms with van der Waals surface area (Å²) in [7, 11) is 4.26. The van der Waals surface area contributed by atoms with Crippen LogP contribution in [0, 0.1) is 0 Å². The Balaban J connectivity index is 2.03. The van der Waals surface area contributed by atoms with Crippen molar-refractivity contribution in [1.82, 2.24) is 4.90 Å². The Labute approximate surface area is 129 Å². The van der Waals surface area contributed by atoms with Crippen LogP contribution in [0.1, 0.15) is 22.4 Å². The van der Waals surface area contributed by atoms with Crippen LogP contribution in [0.3, 0.4) is 0 Å². The number of rotatable bonds is 3. The molecule has 0 fully saturated rings. The molecule has 104 valence electrons. The Bertz CT molecular complexity index is 625. The Hall–Kier alpha value is -1.03. The summed E-state index contributed by atoms with van der Waals surface area (Å²) >= 11 is 3.83. The van der Waals surface area contributed by atoms with E-state index in [2.05, 4.69) is 60.8 Å². The Morgan fingerprint density at radius 3 is 2.90 bits per heavy atom. The van der Waals surface area contributed by atoms with E-state index in [-0.39, 0.29) is 0 Å². The highest BCUT2D eigenvalue weighted by Crippen LogP contribution is 2.42. The van der Waals surface area contributed by atoms with Gasteiger partial charge < -0.3 is 4.90 Å². The first-order valence-electron chi connectivity index (χ1n) is 6.89. The van der Waals surface area contributed by atoms with Gasteiger partial charge in [0.05, 0.1) is 0 Å². The van der Waals surface area contributed by atoms with E-state index in [0.717, 1.165) is 18.7 Å². The molecule has 20 heavy (non-hydrogen) atoms. The topological polar surface area (TPSA) is 3.24 Å². The van der Waals surface area contributed by atoms with Gasteiger partial charge in [0, 0.05) is 22.1 Å². The molecule has 0 saturated carbocycles. The van der Waals surface area contributed by atoms with Crippen molar-refractivity contribution >= 4 is 28.7 Å². The molecule has 0 bridgehead atoms. The van der Waals surface area contributed by atoms with Crippen LogP contribution >= 0.6 is 23.1 Å². The summed E-state index contributed by atoms with van der Waals surface area (Å²) in [5.41, 5.74) is 4.30. The zero-order valence-corrected chi connectivity index (χ0v) is 13.6. The molecule has 0 saturated heterocycles. The molecule has 0 amide bonds. The second-order valence-corrected chi connectivity index (χ2v) is 7.20. The van der Waals surface area contributed by atoms with Gasteiger partial charge in [-0.05, 0) is 48.7 Å². The van der Waals surface area contributed by atoms with Crippen molar-refractivity contribution < 1.29 is 0 Å². The number of benzene rings is 1. The van der Waals surface area contributed by atoms with Gasteiger partial charge in [-0.15, -0.1) is 23.1 Å². The molecule has 0 N–H and O–H groups in total. The van der Waals surface area contributed by atoms with Crippen LogP contribution in [-0.4, -0.2) is 25.5 Å². The van der Waals surface area contributed by atoms with Crippen molar-refractivity contribution in [3.63, 3.8) is 0 Å². The first-order chi connectivity index (χ1) is 9.75. The van der Waals surface area contributed by atoms with E-state index in [9.17, 15) is 0 Å². The van der Waals surface area contributed by atoms with Gasteiger partial charge in [0.15, 0.2) is 0 Å². The maximum absolute atomic E-state index is 2.42. The van der Waals surface area contributed by atoms with E-state index in [4.69, 9.17) is 0 Å². The minimum Gasteiger partial charge on any atom is -0.309 e. The fraction of sp³-hybridized carbons (Fsp3) is 0.294. The predicted octanol–water partition coefficient (Wildman–Crippen LogP) is 4.74. The van der Waals surface area contributed by atoms with Crippen molar-refractivity contribution in [3.8, 4) is 0 Å². The van der Waals surface area contributed by atoms with E-state index in [1.807, 2.05) is 23.1 Å². The van der Waals surface area contributed by atoms with E-state index in [1.54, 1.807) is 0 Å². The lowest BCUT2D eigenvalue weighted by Gasteiger charge is -2.11. The average Bonchev–Trinajstić information content (AvgIpc) is 2.84. The first-order valence-corrected chi connectivity index (χ1v) is 8.76. The third-order valence-electron chi connectivity index (χ3n) is 3.49. The van der Waals surface area contributed by atoms with Crippen molar-refractivity contribution in [3.05, 3.63) is 57.8 Å². The molecular formula is C17H19NS2. The zero-order valence-electron chi connectivity index (χ0n) is 11.9. The Morgan fingerprint density at radius 2 is 2.05 bits per heavy atom. The van der Waals surface area contributed by atoms with E-state index < -0.39 is 0 Å². The fourth-order valence-corrected chi connectivity index (χ4v) is 4.68. The van der Waals surface area contributed by atoms with Crippen LogP contribution < -0.4 is 0 Å². The highest BCUT2D eigenvalue weighted by atomic mass is 32.2. The molecule has 0 radical (unpaired) electrons. The highest BCUT2D eigenvalue weighted by molar-refractivity contribution is 7.98. The maximum atomic E-state index is 2.42. The van der Waals surface area contributed by atoms with Crippen LogP contribution in [0.2, 0.25) is 0 Å². The fourth-order valence-electron chi connectivity index (χ4n) is 2.46. The minimum absolute atomic E-state index is 1.07. The monoisotopic (exact) mass is 301 g/mol. The van der Waals surface area contributed by atoms with E-state index in [0.29, 0.717) is 0 Å². The first kappa shape index (κ1) is 13.9. The predicted molar refractivity (Wildman–Crippen MR) is 90.6 cm³/mol. The SMILES string of the molecule is CN(C)CC/C=C1/c2ccccc2CSc2ccsc21. The molecule has 1 aromatic heterocycles. The molecule has 2 aromatic rings. The molecule has 3 heteroatoms. The average molecular weight is 301 g/mol. The molecular weight excluding hydrogens is 282 g/mol. The van der Waals surface area contributed by atoms with Crippen LogP contribution in [0.5, 0.6) is 0 Å². The van der Waals surface area contributed by atoms with Gasteiger partial charge in [-0.3, -0.25) is 0 Å². The lowest BCUT2D eigenvalue weighted by Crippen LogP contribution is -2.12. The van der Waals surface area contributed by atoms with Crippen LogP contribution in [0.15, 0.2) is 46.7 Å². The normalized spacial score (nSPS) is 16.1. The molecule has 1 nitrogen and oxygen atoms in total. The third kappa shape index (κ3) is 2.85. The molecule has 3 rings (SSSR count). The number of hydrogen-bond donors (Lipinski definition) is 0. The van der Waals surface area contributed by atoms with Crippen LogP contribution in [0.25, 0.3) is 5.57 Å². The molecule has 1 aromatic carbocycles. The summed E-state index contributed by atoms with van der Waals surface area (Å²) in [6, 6.07) is 11.1. The summed E-state index contributed by atoms with van der Waals surface area (Å²) in [6.07, 6.45) is 3.51. The summed E-state index contributed by atoms with van der Waals surface area (Å²) in [5, 5.41) is 2.21. The molecule has 0 aliphatic carbocycles. The molecule has 0 unspecified atom stereocenters. The summed E-state index contributed by atoms with van der Waals surface area (Å²) in [4.78, 5) is 5.12. The zero-order chi connectivity index (χ0) is 13.9. The van der Waals surface area contributed by atoms with Crippen molar-refractivity contribution in [2.75, 3.05) is 20.6 Å². The molecule has 1 aliphatic heterocycles. The van der Waals surface area contributed by atoms with Gasteiger partial charge in [-0.1, -0.05) is 30.3 Å². The van der Waals surface area contributed by atoms with Gasteiger partial charge in [0.1, 0.15) is 0 Å². The van der Waals surface area contributed by atoms with Gasteiger partial charge in [0.2, 0.25) is 0 Å². The molecule has 0 atom stereocenters. The van der Waals surface area contributed by atoms with E-state index in [1.165, 1.54) is 26.5 Å². The standard InChI is InChI=1S/C17H19NS2/c1-18(2)10-5-8-15-14-7-4-3-6-13(14)12-20-16-9-11-19-17(15)16/h3-4,6-9,11H,5,10,12H2,1-2H3/b15-8-. The Morgan fingerprint density at radius 1 is 1.20 bits per heavy atom. The third-order valence-corrected chi connectivity index (χ3v) is 5.67. The smallest absolute Gasteiger partial charge is 0.0481 e. The van der Waals surface area contributed by atoms with Crippen LogP contribution in [0.4, 0.5) is 0 Å². The second kappa shape index (κ2) is 6.17. The number of nitrogens with zero attached hydrogens (tertiary/aromatic N) is 1. The minimum atomic E-state index is 1.07. The largest absolute Gasteiger partial charge is 0.309 e. The van der Waals surface area contributed by atoms with Gasteiger partial charge in [0.25, 0.3) is 0 Å².